The van der Waals surface area contributed by atoms with E-state index in [-0.39, 0.29) is 0 Å². The largest absolute Gasteiger partial charge is 0.223 e. The number of benzene rings is 3. The minimum absolute atomic E-state index is 0.682. The second-order valence-corrected chi connectivity index (χ2v) is 8.37. The highest BCUT2D eigenvalue weighted by Gasteiger charge is 2.29. The number of pyridine rings is 1. The Hall–Kier alpha value is -2.70. The van der Waals surface area contributed by atoms with Crippen LogP contribution in [0.15, 0.2) is 103 Å². The first-order chi connectivity index (χ1) is 14.6. The van der Waals surface area contributed by atoms with E-state index in [1.165, 1.54) is 0 Å². The van der Waals surface area contributed by atoms with Gasteiger partial charge in [0.1, 0.15) is 0 Å². The summed E-state index contributed by atoms with van der Waals surface area (Å²) in [5.74, 6) is 3.60. The van der Waals surface area contributed by atoms with Gasteiger partial charge in [0.25, 0.3) is 0 Å². The van der Waals surface area contributed by atoms with Gasteiger partial charge >= 0.3 is 0 Å². The summed E-state index contributed by atoms with van der Waals surface area (Å²) in [6, 6.07) is 32.8. The Bertz CT molecular complexity index is 1080. The van der Waals surface area contributed by atoms with Crippen LogP contribution in [0, 0.1) is 11.9 Å². The maximum absolute atomic E-state index is 6.20. The van der Waals surface area contributed by atoms with Crippen LogP contribution in [0.3, 0.4) is 0 Å². The molecule has 0 saturated carbocycles. The van der Waals surface area contributed by atoms with Crippen molar-refractivity contribution >= 4 is 57.3 Å². The van der Waals surface area contributed by atoms with Crippen molar-refractivity contribution < 1.29 is 4.57 Å². The Labute approximate surface area is 191 Å². The third kappa shape index (κ3) is 4.25. The molecule has 1 nitrogen and oxygen atoms in total. The summed E-state index contributed by atoms with van der Waals surface area (Å²) in [7, 11) is 0. The molecule has 0 bridgehead atoms. The summed E-state index contributed by atoms with van der Waals surface area (Å²) in [4.78, 5) is 0. The Morgan fingerprint density at radius 3 is 1.27 bits per heavy atom. The molecular weight excluding hydrogens is 431 g/mol. The minimum atomic E-state index is -1.64. The molecule has 0 fully saturated rings. The highest BCUT2D eigenvalue weighted by atomic mass is 35.5. The van der Waals surface area contributed by atoms with Crippen LogP contribution < -0.4 is 21.0 Å². The Kier molecular flexibility index (Phi) is 6.16. The molecule has 0 spiro atoms. The number of hydrogen-bond donors (Lipinski definition) is 0. The van der Waals surface area contributed by atoms with Crippen molar-refractivity contribution in [1.29, 1.82) is 0 Å². The van der Waals surface area contributed by atoms with E-state index in [2.05, 4.69) is 11.9 Å². The molecule has 0 atom stereocenters. The number of nitrogens with zero attached hydrogens (tertiary/aromatic N) is 1. The van der Waals surface area contributed by atoms with Crippen LogP contribution in [-0.4, -0.2) is 6.15 Å². The quantitative estimate of drug-likeness (QED) is 0.248. The van der Waals surface area contributed by atoms with E-state index in [0.29, 0.717) is 15.1 Å². The molecule has 0 aliphatic rings. The molecule has 0 N–H and O–H groups in total. The van der Waals surface area contributed by atoms with Gasteiger partial charge in [-0.3, -0.25) is 0 Å². The summed E-state index contributed by atoms with van der Waals surface area (Å²) in [5, 5.41) is 2.04. The molecule has 4 rings (SSSR count). The first-order valence-electron chi connectivity index (χ1n) is 9.51. The van der Waals surface area contributed by atoms with Gasteiger partial charge in [-0.05, 0) is 36.4 Å². The second kappa shape index (κ2) is 8.98. The van der Waals surface area contributed by atoms with Crippen LogP contribution in [0.25, 0.3) is 0 Å². The average molecular weight is 449 g/mol. The summed E-state index contributed by atoms with van der Waals surface area (Å²) in [6.07, 6.45) is 2.22. The van der Waals surface area contributed by atoms with Gasteiger partial charge in [0.15, 0.2) is 24.6 Å². The zero-order valence-corrected chi connectivity index (χ0v) is 18.2. The molecule has 3 aromatic carbocycles. The van der Waals surface area contributed by atoms with Crippen LogP contribution >= 0.6 is 34.8 Å². The number of halogens is 3. The van der Waals surface area contributed by atoms with Crippen molar-refractivity contribution in [3.05, 3.63) is 118 Å². The Balaban J connectivity index is 2.04. The molecule has 1 aromatic heterocycles. The normalized spacial score (nSPS) is 10.9. The summed E-state index contributed by atoms with van der Waals surface area (Å²) in [6.45, 7) is 0. The van der Waals surface area contributed by atoms with Crippen LogP contribution in [0.4, 0.5) is 0 Å². The maximum atomic E-state index is 6.20. The van der Waals surface area contributed by atoms with Crippen LogP contribution in [0.5, 0.6) is 0 Å². The zero-order valence-electron chi connectivity index (χ0n) is 16.0. The maximum Gasteiger partial charge on any atom is 0.185 e. The molecule has 0 saturated heterocycles. The third-order valence-corrected chi connectivity index (χ3v) is 5.99. The predicted octanol–water partition coefficient (Wildman–Crippen LogP) is 4.45. The molecular formula is C25H17BCl3N. The van der Waals surface area contributed by atoms with Gasteiger partial charge in [-0.1, -0.05) is 77.3 Å². The lowest BCUT2D eigenvalue weighted by Gasteiger charge is -2.37. The van der Waals surface area contributed by atoms with E-state index in [0.717, 1.165) is 16.4 Å². The fraction of sp³-hybridized carbons (Fsp3) is 0. The van der Waals surface area contributed by atoms with Gasteiger partial charge in [-0.15, -0.1) is 4.57 Å². The van der Waals surface area contributed by atoms with Gasteiger partial charge in [0, 0.05) is 27.2 Å². The van der Waals surface area contributed by atoms with Crippen molar-refractivity contribution in [2.24, 2.45) is 0 Å². The average Bonchev–Trinajstić information content (AvgIpc) is 2.78. The lowest BCUT2D eigenvalue weighted by Crippen LogP contribution is -2.66. The molecule has 5 heteroatoms. The second-order valence-electron chi connectivity index (χ2n) is 7.06. The first kappa shape index (κ1) is 20.6. The molecule has 0 amide bonds. The van der Waals surface area contributed by atoms with Gasteiger partial charge < -0.3 is 0 Å². The number of aromatic nitrogens is 1. The van der Waals surface area contributed by atoms with Gasteiger partial charge in [-0.2, -0.15) is 16.4 Å². The Morgan fingerprint density at radius 2 is 0.900 bits per heavy atom. The molecule has 4 aromatic rings. The van der Waals surface area contributed by atoms with Crippen molar-refractivity contribution in [1.82, 2.24) is 0 Å². The zero-order chi connectivity index (χ0) is 21.0. The number of rotatable bonds is 3. The van der Waals surface area contributed by atoms with Crippen molar-refractivity contribution in [3.63, 3.8) is 0 Å². The fourth-order valence-electron chi connectivity index (χ4n) is 3.73. The molecule has 0 aliphatic carbocycles. The van der Waals surface area contributed by atoms with Gasteiger partial charge in [0.05, 0.1) is 0 Å². The van der Waals surface area contributed by atoms with Crippen molar-refractivity contribution in [2.45, 2.75) is 0 Å². The third-order valence-electron chi connectivity index (χ3n) is 5.24. The summed E-state index contributed by atoms with van der Waals surface area (Å²) >= 11 is 18.6. The van der Waals surface area contributed by atoms with Gasteiger partial charge in [-0.25, -0.2) is 5.82 Å². The lowest BCUT2D eigenvalue weighted by atomic mass is 9.16. The molecule has 1 heterocycles. The predicted molar refractivity (Wildman–Crippen MR) is 129 cm³/mol. The van der Waals surface area contributed by atoms with Crippen LogP contribution in [0.2, 0.25) is 15.1 Å². The monoisotopic (exact) mass is 447 g/mol. The molecule has 0 radical (unpaired) electrons. The SMILES string of the molecule is Clc1ccc([B-](C#C[n+]2ccccc2)(c2ccc(Cl)cc2)c2ccc(Cl)cc2)cc1. The van der Waals surface area contributed by atoms with Crippen LogP contribution in [-0.2, 0) is 0 Å². The minimum Gasteiger partial charge on any atom is -0.223 e. The van der Waals surface area contributed by atoms with E-state index < -0.39 is 6.15 Å². The molecule has 146 valence electrons. The smallest absolute Gasteiger partial charge is 0.185 e. The topological polar surface area (TPSA) is 3.88 Å². The van der Waals surface area contributed by atoms with Crippen LogP contribution in [0.1, 0.15) is 0 Å². The van der Waals surface area contributed by atoms with Crippen molar-refractivity contribution in [3.8, 4) is 11.9 Å². The standard InChI is InChI=1S/C25H17BCl3N/c27-23-10-4-20(5-11-23)26(21-6-12-24(28)13-7-21,22-8-14-25(29)15-9-22)16-19-30-17-2-1-3-18-30/h1-15,17-18H. The van der Waals surface area contributed by atoms with Crippen molar-refractivity contribution in [2.75, 3.05) is 0 Å². The molecule has 0 unspecified atom stereocenters. The summed E-state index contributed by atoms with van der Waals surface area (Å²) in [5.41, 5.74) is 3.19. The number of hydrogen-bond acceptors (Lipinski definition) is 0. The molecule has 0 aliphatic heterocycles. The highest BCUT2D eigenvalue weighted by Crippen LogP contribution is 2.14. The Morgan fingerprint density at radius 1 is 0.533 bits per heavy atom. The van der Waals surface area contributed by atoms with E-state index in [1.54, 1.807) is 0 Å². The first-order valence-corrected chi connectivity index (χ1v) is 10.6. The lowest BCUT2D eigenvalue weighted by molar-refractivity contribution is -0.583. The van der Waals surface area contributed by atoms with E-state index >= 15 is 0 Å². The highest BCUT2D eigenvalue weighted by molar-refractivity contribution is 7.16. The van der Waals surface area contributed by atoms with E-state index in [1.807, 2.05) is 108 Å². The summed E-state index contributed by atoms with van der Waals surface area (Å²) < 4.78 is 1.86. The van der Waals surface area contributed by atoms with E-state index in [9.17, 15) is 0 Å². The van der Waals surface area contributed by atoms with Gasteiger partial charge in [0.2, 0.25) is 0 Å². The van der Waals surface area contributed by atoms with E-state index in [4.69, 9.17) is 34.8 Å². The fourth-order valence-corrected chi connectivity index (χ4v) is 4.10. The molecule has 30 heavy (non-hydrogen) atoms.